The van der Waals surface area contributed by atoms with Crippen molar-refractivity contribution in [1.29, 1.82) is 5.41 Å². The molecule has 0 saturated carbocycles. The lowest BCUT2D eigenvalue weighted by atomic mass is 10.2. The number of hydrogen-bond donors (Lipinski definition) is 2. The van der Waals surface area contributed by atoms with E-state index in [0.717, 1.165) is 10.6 Å². The Morgan fingerprint density at radius 3 is 2.40 bits per heavy atom. The standard InChI is InChI=1S/C16H14F3N3O2S/c1-8-9(2)25-15(21-8)13-12(23)7-22(14(13)20)10-3-5-11(6-4-10)24-16(17,18)19/h3-6,20,23H,7H2,1-2H3. The molecule has 132 valence electrons. The van der Waals surface area contributed by atoms with Crippen LogP contribution in [-0.4, -0.2) is 28.8 Å². The first-order valence-electron chi connectivity index (χ1n) is 7.24. The third-order valence-corrected chi connectivity index (χ3v) is 4.82. The summed E-state index contributed by atoms with van der Waals surface area (Å²) in [4.78, 5) is 6.85. The fraction of sp³-hybridized carbons (Fsp3) is 0.250. The number of aryl methyl sites for hydroxylation is 2. The number of anilines is 1. The van der Waals surface area contributed by atoms with Crippen LogP contribution in [0.3, 0.4) is 0 Å². The van der Waals surface area contributed by atoms with Gasteiger partial charge in [-0.05, 0) is 38.1 Å². The summed E-state index contributed by atoms with van der Waals surface area (Å²) in [6, 6.07) is 5.15. The van der Waals surface area contributed by atoms with E-state index < -0.39 is 6.36 Å². The van der Waals surface area contributed by atoms with Crippen LogP contribution in [-0.2, 0) is 0 Å². The summed E-state index contributed by atoms with van der Waals surface area (Å²) in [6.45, 7) is 3.82. The summed E-state index contributed by atoms with van der Waals surface area (Å²) >= 11 is 1.38. The maximum Gasteiger partial charge on any atom is 0.573 e. The summed E-state index contributed by atoms with van der Waals surface area (Å²) in [7, 11) is 0. The van der Waals surface area contributed by atoms with E-state index in [-0.39, 0.29) is 23.9 Å². The highest BCUT2D eigenvalue weighted by atomic mass is 32.1. The molecule has 0 aliphatic carbocycles. The maximum absolute atomic E-state index is 12.2. The molecule has 2 aromatic rings. The van der Waals surface area contributed by atoms with Crippen molar-refractivity contribution in [3.05, 3.63) is 45.6 Å². The van der Waals surface area contributed by atoms with Crippen LogP contribution in [0.2, 0.25) is 0 Å². The number of hydrogen-bond acceptors (Lipinski definition) is 5. The topological polar surface area (TPSA) is 69.4 Å². The molecule has 0 bridgehead atoms. The highest BCUT2D eigenvalue weighted by molar-refractivity contribution is 7.13. The van der Waals surface area contributed by atoms with Crippen molar-refractivity contribution in [2.24, 2.45) is 0 Å². The molecule has 5 nitrogen and oxygen atoms in total. The van der Waals surface area contributed by atoms with Gasteiger partial charge in [0.2, 0.25) is 0 Å². The zero-order chi connectivity index (χ0) is 18.4. The van der Waals surface area contributed by atoms with Crippen LogP contribution in [0.15, 0.2) is 30.0 Å². The average molecular weight is 369 g/mol. The van der Waals surface area contributed by atoms with Gasteiger partial charge in [-0.15, -0.1) is 24.5 Å². The molecule has 0 spiro atoms. The fourth-order valence-electron chi connectivity index (χ4n) is 2.43. The van der Waals surface area contributed by atoms with Gasteiger partial charge in [0.15, 0.2) is 0 Å². The number of halogens is 3. The molecule has 1 aromatic carbocycles. The number of benzene rings is 1. The quantitative estimate of drug-likeness (QED) is 0.840. The maximum atomic E-state index is 12.2. The van der Waals surface area contributed by atoms with E-state index in [1.54, 1.807) is 0 Å². The summed E-state index contributed by atoms with van der Waals surface area (Å²) in [5.41, 5.74) is 1.66. The van der Waals surface area contributed by atoms with Crippen molar-refractivity contribution in [2.45, 2.75) is 20.2 Å². The highest BCUT2D eigenvalue weighted by Gasteiger charge is 2.33. The molecule has 3 rings (SSSR count). The van der Waals surface area contributed by atoms with E-state index in [0.29, 0.717) is 16.3 Å². The number of nitrogens with one attached hydrogen (secondary N) is 1. The van der Waals surface area contributed by atoms with Gasteiger partial charge in [0.25, 0.3) is 0 Å². The molecule has 0 atom stereocenters. The fourth-order valence-corrected chi connectivity index (χ4v) is 3.41. The van der Waals surface area contributed by atoms with E-state index >= 15 is 0 Å². The highest BCUT2D eigenvalue weighted by Crippen LogP contribution is 2.34. The Bertz CT molecular complexity index is 837. The zero-order valence-corrected chi connectivity index (χ0v) is 14.1. The Kier molecular flexibility index (Phi) is 4.19. The number of aliphatic hydroxyl groups is 1. The van der Waals surface area contributed by atoms with Gasteiger partial charge < -0.3 is 14.7 Å². The van der Waals surface area contributed by atoms with Crippen molar-refractivity contribution in [3.63, 3.8) is 0 Å². The summed E-state index contributed by atoms with van der Waals surface area (Å²) in [5, 5.41) is 19.1. The van der Waals surface area contributed by atoms with Gasteiger partial charge in [0.1, 0.15) is 22.4 Å². The molecule has 2 heterocycles. The van der Waals surface area contributed by atoms with E-state index in [9.17, 15) is 18.3 Å². The van der Waals surface area contributed by atoms with Gasteiger partial charge in [-0.2, -0.15) is 0 Å². The molecular formula is C16H14F3N3O2S. The van der Waals surface area contributed by atoms with Crippen LogP contribution in [0.1, 0.15) is 15.6 Å². The molecule has 0 amide bonds. The summed E-state index contributed by atoms with van der Waals surface area (Å²) in [5.74, 6) is -0.282. The number of nitrogens with zero attached hydrogens (tertiary/aromatic N) is 2. The minimum atomic E-state index is -4.75. The Morgan fingerprint density at radius 1 is 1.24 bits per heavy atom. The summed E-state index contributed by atoms with van der Waals surface area (Å²) < 4.78 is 40.5. The van der Waals surface area contributed by atoms with Gasteiger partial charge in [-0.1, -0.05) is 0 Å². The number of ether oxygens (including phenoxy) is 1. The lowest BCUT2D eigenvalue weighted by Crippen LogP contribution is -2.26. The molecule has 0 radical (unpaired) electrons. The van der Waals surface area contributed by atoms with Crippen LogP contribution < -0.4 is 9.64 Å². The van der Waals surface area contributed by atoms with Gasteiger partial charge >= 0.3 is 6.36 Å². The van der Waals surface area contributed by atoms with E-state index in [4.69, 9.17) is 5.41 Å². The minimum absolute atomic E-state index is 0.00867. The van der Waals surface area contributed by atoms with Gasteiger partial charge in [0.05, 0.1) is 17.8 Å². The number of thiazole rings is 1. The minimum Gasteiger partial charge on any atom is -0.510 e. The first-order chi connectivity index (χ1) is 11.7. The second-order valence-corrected chi connectivity index (χ2v) is 6.66. The normalized spacial score (nSPS) is 15.2. The van der Waals surface area contributed by atoms with Crippen molar-refractivity contribution >= 4 is 28.4 Å². The Morgan fingerprint density at radius 2 is 1.88 bits per heavy atom. The number of alkyl halides is 3. The molecule has 0 unspecified atom stereocenters. The second-order valence-electron chi connectivity index (χ2n) is 5.46. The van der Waals surface area contributed by atoms with Gasteiger partial charge in [0, 0.05) is 10.6 Å². The van der Waals surface area contributed by atoms with Gasteiger partial charge in [-0.25, -0.2) is 4.98 Å². The number of aliphatic hydroxyl groups excluding tert-OH is 1. The van der Waals surface area contributed by atoms with Crippen molar-refractivity contribution in [1.82, 2.24) is 4.98 Å². The smallest absolute Gasteiger partial charge is 0.510 e. The molecule has 9 heteroatoms. The molecule has 0 saturated heterocycles. The first kappa shape index (κ1) is 17.3. The lowest BCUT2D eigenvalue weighted by molar-refractivity contribution is -0.274. The zero-order valence-electron chi connectivity index (χ0n) is 13.3. The molecule has 25 heavy (non-hydrogen) atoms. The second kappa shape index (κ2) is 6.07. The first-order valence-corrected chi connectivity index (χ1v) is 8.06. The predicted molar refractivity (Wildman–Crippen MR) is 89.3 cm³/mol. The van der Waals surface area contributed by atoms with Crippen LogP contribution in [0.25, 0.3) is 5.57 Å². The van der Waals surface area contributed by atoms with Crippen LogP contribution >= 0.6 is 11.3 Å². The average Bonchev–Trinajstić information content (AvgIpc) is 2.98. The molecule has 1 aromatic heterocycles. The Labute approximate surface area is 145 Å². The molecule has 2 N–H and O–H groups in total. The predicted octanol–water partition coefficient (Wildman–Crippen LogP) is 4.43. The molecule has 1 aliphatic rings. The van der Waals surface area contributed by atoms with Crippen molar-refractivity contribution in [3.8, 4) is 5.75 Å². The monoisotopic (exact) mass is 369 g/mol. The van der Waals surface area contributed by atoms with Crippen molar-refractivity contribution < 1.29 is 23.0 Å². The lowest BCUT2D eigenvalue weighted by Gasteiger charge is -2.19. The third-order valence-electron chi connectivity index (χ3n) is 3.73. The van der Waals surface area contributed by atoms with Gasteiger partial charge in [-0.3, -0.25) is 5.41 Å². The van der Waals surface area contributed by atoms with E-state index in [2.05, 4.69) is 9.72 Å². The molecular weight excluding hydrogens is 355 g/mol. The SMILES string of the molecule is Cc1nc(C2=C(O)CN(c3ccc(OC(F)(F)F)cc3)C2=N)sc1C. The number of aromatic nitrogens is 1. The van der Waals surface area contributed by atoms with E-state index in [1.165, 1.54) is 40.5 Å². The summed E-state index contributed by atoms with van der Waals surface area (Å²) in [6.07, 6.45) is -4.75. The largest absolute Gasteiger partial charge is 0.573 e. The Hall–Kier alpha value is -2.55. The molecule has 1 aliphatic heterocycles. The molecule has 0 fully saturated rings. The van der Waals surface area contributed by atoms with Crippen LogP contribution in [0.4, 0.5) is 18.9 Å². The van der Waals surface area contributed by atoms with Crippen LogP contribution in [0, 0.1) is 19.3 Å². The van der Waals surface area contributed by atoms with Crippen molar-refractivity contribution in [2.75, 3.05) is 11.4 Å². The number of rotatable bonds is 3. The van der Waals surface area contributed by atoms with Crippen LogP contribution in [0.5, 0.6) is 5.75 Å². The Balaban J connectivity index is 1.83. The third kappa shape index (κ3) is 3.46. The number of amidine groups is 1. The van der Waals surface area contributed by atoms with E-state index in [1.807, 2.05) is 13.8 Å².